The van der Waals surface area contributed by atoms with Crippen LogP contribution in [0.15, 0.2) is 48.5 Å². The van der Waals surface area contributed by atoms with Gasteiger partial charge in [-0.3, -0.25) is 19.3 Å². The lowest BCUT2D eigenvalue weighted by Crippen LogP contribution is -2.42. The molecule has 1 aliphatic heterocycles. The highest BCUT2D eigenvalue weighted by atomic mass is 16.2. The molecule has 1 atom stereocenters. The normalized spacial score (nSPS) is 18.7. The third kappa shape index (κ3) is 3.57. The van der Waals surface area contributed by atoms with Gasteiger partial charge in [0, 0.05) is 11.3 Å². The van der Waals surface area contributed by atoms with E-state index in [2.05, 4.69) is 10.6 Å². The molecule has 1 unspecified atom stereocenters. The molecule has 0 radical (unpaired) electrons. The summed E-state index contributed by atoms with van der Waals surface area (Å²) in [5, 5.41) is 5.25. The molecule has 144 valence electrons. The van der Waals surface area contributed by atoms with Gasteiger partial charge in [0.05, 0.1) is 0 Å². The lowest BCUT2D eigenvalue weighted by Gasteiger charge is -2.22. The minimum atomic E-state index is -1.23. The minimum Gasteiger partial charge on any atom is -0.366 e. The Morgan fingerprint density at radius 3 is 2.25 bits per heavy atom. The Morgan fingerprint density at radius 2 is 1.68 bits per heavy atom. The summed E-state index contributed by atoms with van der Waals surface area (Å²) in [5.74, 6) is -1.61. The van der Waals surface area contributed by atoms with Crippen molar-refractivity contribution in [2.45, 2.75) is 19.4 Å². The maximum atomic E-state index is 12.8. The van der Waals surface area contributed by atoms with Crippen LogP contribution in [-0.4, -0.2) is 35.2 Å². The number of urea groups is 1. The standard InChI is InChI=1S/C20H20N4O4/c1-12-3-7-14(8-4-12)20(2)18(27)24(19(28)23-20)11-16(25)22-15-9-5-13(6-10-15)17(21)26/h3-10H,11H2,1-2H3,(H2,21,26)(H,22,25)(H,23,28). The monoisotopic (exact) mass is 380 g/mol. The van der Waals surface area contributed by atoms with Crippen LogP contribution in [0.3, 0.4) is 0 Å². The molecule has 0 saturated carbocycles. The van der Waals surface area contributed by atoms with E-state index in [1.165, 1.54) is 24.3 Å². The zero-order valence-corrected chi connectivity index (χ0v) is 15.5. The SMILES string of the molecule is Cc1ccc(C2(C)NC(=O)N(CC(=O)Nc3ccc(C(N)=O)cc3)C2=O)cc1. The van der Waals surface area contributed by atoms with Crippen LogP contribution < -0.4 is 16.4 Å². The molecule has 28 heavy (non-hydrogen) atoms. The first-order valence-electron chi connectivity index (χ1n) is 8.61. The molecular weight excluding hydrogens is 360 g/mol. The van der Waals surface area contributed by atoms with Crippen molar-refractivity contribution in [3.63, 3.8) is 0 Å². The van der Waals surface area contributed by atoms with Crippen molar-refractivity contribution in [3.05, 3.63) is 65.2 Å². The number of amides is 5. The highest BCUT2D eigenvalue weighted by Gasteiger charge is 2.49. The number of primary amides is 1. The van der Waals surface area contributed by atoms with Crippen LogP contribution in [0.4, 0.5) is 10.5 Å². The predicted molar refractivity (Wildman–Crippen MR) is 102 cm³/mol. The van der Waals surface area contributed by atoms with Gasteiger partial charge in [-0.05, 0) is 43.7 Å². The molecule has 0 aromatic heterocycles. The summed E-state index contributed by atoms with van der Waals surface area (Å²) in [4.78, 5) is 49.4. The summed E-state index contributed by atoms with van der Waals surface area (Å²) >= 11 is 0. The Morgan fingerprint density at radius 1 is 1.07 bits per heavy atom. The van der Waals surface area contributed by atoms with Gasteiger partial charge in [0.25, 0.3) is 5.91 Å². The molecule has 3 rings (SSSR count). The third-order valence-electron chi connectivity index (χ3n) is 4.66. The Labute approximate surface area is 161 Å². The van der Waals surface area contributed by atoms with E-state index in [-0.39, 0.29) is 0 Å². The molecule has 0 aliphatic carbocycles. The zero-order valence-electron chi connectivity index (χ0n) is 15.5. The second kappa shape index (κ2) is 7.15. The van der Waals surface area contributed by atoms with Gasteiger partial charge < -0.3 is 16.4 Å². The molecule has 2 aromatic carbocycles. The maximum absolute atomic E-state index is 12.8. The van der Waals surface area contributed by atoms with Crippen LogP contribution in [-0.2, 0) is 15.1 Å². The fourth-order valence-corrected chi connectivity index (χ4v) is 2.99. The molecule has 0 bridgehead atoms. The lowest BCUT2D eigenvalue weighted by atomic mass is 9.91. The summed E-state index contributed by atoms with van der Waals surface area (Å²) in [6.07, 6.45) is 0. The highest BCUT2D eigenvalue weighted by molar-refractivity contribution is 6.10. The molecule has 5 amide bonds. The Kier molecular flexibility index (Phi) is 4.87. The summed E-state index contributed by atoms with van der Waals surface area (Å²) in [6, 6.07) is 12.6. The number of hydrogen-bond donors (Lipinski definition) is 3. The van der Waals surface area contributed by atoms with Crippen molar-refractivity contribution in [2.75, 3.05) is 11.9 Å². The van der Waals surface area contributed by atoms with Crippen molar-refractivity contribution >= 4 is 29.4 Å². The number of nitrogens with two attached hydrogens (primary N) is 1. The summed E-state index contributed by atoms with van der Waals surface area (Å²) in [5.41, 5.74) is 6.34. The number of carbonyl (C=O) groups excluding carboxylic acids is 4. The largest absolute Gasteiger partial charge is 0.366 e. The van der Waals surface area contributed by atoms with Gasteiger partial charge in [-0.1, -0.05) is 29.8 Å². The van der Waals surface area contributed by atoms with Crippen LogP contribution in [0.1, 0.15) is 28.4 Å². The molecule has 8 heteroatoms. The molecule has 1 fully saturated rings. The van der Waals surface area contributed by atoms with Gasteiger partial charge in [0.2, 0.25) is 11.8 Å². The fraction of sp³-hybridized carbons (Fsp3) is 0.200. The number of carbonyl (C=O) groups is 4. The van der Waals surface area contributed by atoms with E-state index in [9.17, 15) is 19.2 Å². The molecule has 0 spiro atoms. The third-order valence-corrected chi connectivity index (χ3v) is 4.66. The first-order valence-corrected chi connectivity index (χ1v) is 8.61. The number of nitrogens with one attached hydrogen (secondary N) is 2. The van der Waals surface area contributed by atoms with E-state index in [4.69, 9.17) is 5.73 Å². The lowest BCUT2D eigenvalue weighted by molar-refractivity contribution is -0.133. The first kappa shape index (κ1) is 19.1. The molecule has 1 saturated heterocycles. The summed E-state index contributed by atoms with van der Waals surface area (Å²) in [6.45, 7) is 3.11. The van der Waals surface area contributed by atoms with Gasteiger partial charge in [0.15, 0.2) is 0 Å². The number of aryl methyl sites for hydroxylation is 1. The van der Waals surface area contributed by atoms with Gasteiger partial charge in [-0.2, -0.15) is 0 Å². The minimum absolute atomic E-state index is 0.306. The van der Waals surface area contributed by atoms with E-state index in [0.717, 1.165) is 10.5 Å². The van der Waals surface area contributed by atoms with Gasteiger partial charge in [-0.25, -0.2) is 4.79 Å². The number of hydrogen-bond acceptors (Lipinski definition) is 4. The predicted octanol–water partition coefficient (Wildman–Crippen LogP) is 1.50. The number of imide groups is 1. The quantitative estimate of drug-likeness (QED) is 0.681. The number of rotatable bonds is 5. The Balaban J connectivity index is 1.70. The molecular formula is C20H20N4O4. The van der Waals surface area contributed by atoms with E-state index < -0.39 is 35.8 Å². The van der Waals surface area contributed by atoms with Crippen LogP contribution in [0.25, 0.3) is 0 Å². The van der Waals surface area contributed by atoms with Gasteiger partial charge in [0.1, 0.15) is 12.1 Å². The average molecular weight is 380 g/mol. The molecule has 8 nitrogen and oxygen atoms in total. The second-order valence-electron chi connectivity index (χ2n) is 6.80. The van der Waals surface area contributed by atoms with Crippen LogP contribution in [0.2, 0.25) is 0 Å². The number of benzene rings is 2. The van der Waals surface area contributed by atoms with E-state index in [0.29, 0.717) is 16.8 Å². The van der Waals surface area contributed by atoms with Crippen molar-refractivity contribution in [1.29, 1.82) is 0 Å². The first-order chi connectivity index (χ1) is 13.2. The topological polar surface area (TPSA) is 122 Å². The average Bonchev–Trinajstić information content (AvgIpc) is 2.86. The van der Waals surface area contributed by atoms with Crippen LogP contribution >= 0.6 is 0 Å². The zero-order chi connectivity index (χ0) is 20.5. The van der Waals surface area contributed by atoms with Crippen molar-refractivity contribution in [2.24, 2.45) is 5.73 Å². The molecule has 4 N–H and O–H groups in total. The number of nitrogens with zero attached hydrogens (tertiary/aromatic N) is 1. The number of anilines is 1. The van der Waals surface area contributed by atoms with Gasteiger partial charge in [-0.15, -0.1) is 0 Å². The van der Waals surface area contributed by atoms with Crippen LogP contribution in [0.5, 0.6) is 0 Å². The summed E-state index contributed by atoms with van der Waals surface area (Å²) in [7, 11) is 0. The Bertz CT molecular complexity index is 953. The fourth-order valence-electron chi connectivity index (χ4n) is 2.99. The van der Waals surface area contributed by atoms with E-state index in [1.807, 2.05) is 19.1 Å². The van der Waals surface area contributed by atoms with E-state index in [1.54, 1.807) is 19.1 Å². The highest BCUT2D eigenvalue weighted by Crippen LogP contribution is 2.29. The van der Waals surface area contributed by atoms with Crippen molar-refractivity contribution in [1.82, 2.24) is 10.2 Å². The molecule has 2 aromatic rings. The maximum Gasteiger partial charge on any atom is 0.325 e. The van der Waals surface area contributed by atoms with Crippen LogP contribution in [0, 0.1) is 6.92 Å². The Hall–Kier alpha value is -3.68. The summed E-state index contributed by atoms with van der Waals surface area (Å²) < 4.78 is 0. The van der Waals surface area contributed by atoms with E-state index >= 15 is 0 Å². The van der Waals surface area contributed by atoms with Crippen molar-refractivity contribution < 1.29 is 19.2 Å². The smallest absolute Gasteiger partial charge is 0.325 e. The molecule has 1 aliphatic rings. The van der Waals surface area contributed by atoms with Crippen molar-refractivity contribution in [3.8, 4) is 0 Å². The van der Waals surface area contributed by atoms with Gasteiger partial charge >= 0.3 is 6.03 Å². The molecule has 1 heterocycles. The second-order valence-corrected chi connectivity index (χ2v) is 6.80.